The van der Waals surface area contributed by atoms with E-state index >= 15 is 0 Å². The maximum absolute atomic E-state index is 13.5. The highest BCUT2D eigenvalue weighted by molar-refractivity contribution is 6.31. The van der Waals surface area contributed by atoms with Crippen LogP contribution in [0.1, 0.15) is 33.3 Å². The molecule has 1 atom stereocenters. The topological polar surface area (TPSA) is 63.0 Å². The van der Waals surface area contributed by atoms with Crippen molar-refractivity contribution in [1.29, 1.82) is 0 Å². The van der Waals surface area contributed by atoms with Crippen molar-refractivity contribution in [2.24, 2.45) is 0 Å². The SMILES string of the molecule is Cc1ccc(C2c3c(oc4ccc(Cl)cc4c3=O)C(=O)N2CCN2CCOCC2)cc1. The Hall–Kier alpha value is -2.67. The number of morpholine rings is 1. The van der Waals surface area contributed by atoms with Crippen LogP contribution < -0.4 is 5.43 Å². The van der Waals surface area contributed by atoms with Crippen molar-refractivity contribution < 1.29 is 13.9 Å². The molecule has 1 amide bonds. The lowest BCUT2D eigenvalue weighted by Gasteiger charge is -2.31. The lowest BCUT2D eigenvalue weighted by atomic mass is 9.97. The van der Waals surface area contributed by atoms with E-state index in [9.17, 15) is 9.59 Å². The van der Waals surface area contributed by atoms with E-state index in [4.69, 9.17) is 20.8 Å². The molecule has 31 heavy (non-hydrogen) atoms. The van der Waals surface area contributed by atoms with Crippen LogP contribution in [-0.4, -0.2) is 55.1 Å². The predicted octanol–water partition coefficient (Wildman–Crippen LogP) is 3.63. The number of benzene rings is 2. The molecule has 2 aromatic carbocycles. The van der Waals surface area contributed by atoms with Gasteiger partial charge < -0.3 is 14.1 Å². The largest absolute Gasteiger partial charge is 0.450 e. The summed E-state index contributed by atoms with van der Waals surface area (Å²) in [6.07, 6.45) is 0. The number of aryl methyl sites for hydroxylation is 1. The van der Waals surface area contributed by atoms with Crippen LogP contribution in [-0.2, 0) is 4.74 Å². The Labute approximate surface area is 185 Å². The predicted molar refractivity (Wildman–Crippen MR) is 119 cm³/mol. The Kier molecular flexibility index (Phi) is 5.30. The molecule has 1 unspecified atom stereocenters. The lowest BCUT2D eigenvalue weighted by molar-refractivity contribution is 0.0314. The van der Waals surface area contributed by atoms with Crippen LogP contribution in [0.4, 0.5) is 0 Å². The molecular weight excluding hydrogens is 416 g/mol. The van der Waals surface area contributed by atoms with Gasteiger partial charge in [-0.05, 0) is 30.7 Å². The molecule has 7 heteroatoms. The highest BCUT2D eigenvalue weighted by Crippen LogP contribution is 2.38. The van der Waals surface area contributed by atoms with Gasteiger partial charge in [0.15, 0.2) is 5.43 Å². The standard InChI is InChI=1S/C24H23ClN2O4/c1-15-2-4-16(5-3-15)21-20-22(28)18-14-17(25)6-7-19(18)31-23(20)24(29)27(21)9-8-26-10-12-30-13-11-26/h2-7,14,21H,8-13H2,1H3. The Balaban J connectivity index is 1.60. The van der Waals surface area contributed by atoms with Crippen molar-refractivity contribution in [3.63, 3.8) is 0 Å². The number of ether oxygens (including phenoxy) is 1. The summed E-state index contributed by atoms with van der Waals surface area (Å²) in [5.74, 6) is -0.116. The summed E-state index contributed by atoms with van der Waals surface area (Å²) in [6.45, 7) is 6.29. The Morgan fingerprint density at radius 2 is 1.77 bits per heavy atom. The van der Waals surface area contributed by atoms with Crippen LogP contribution >= 0.6 is 11.6 Å². The summed E-state index contributed by atoms with van der Waals surface area (Å²) in [7, 11) is 0. The van der Waals surface area contributed by atoms with Crippen LogP contribution in [0.15, 0.2) is 51.7 Å². The second kappa shape index (κ2) is 8.11. The number of nitrogens with zero attached hydrogens (tertiary/aromatic N) is 2. The summed E-state index contributed by atoms with van der Waals surface area (Å²) < 4.78 is 11.4. The summed E-state index contributed by atoms with van der Waals surface area (Å²) in [5.41, 5.74) is 2.58. The molecule has 2 aliphatic rings. The number of carbonyl (C=O) groups excluding carboxylic acids is 1. The molecular formula is C24H23ClN2O4. The minimum atomic E-state index is -0.483. The first-order valence-corrected chi connectivity index (χ1v) is 10.8. The highest BCUT2D eigenvalue weighted by Gasteiger charge is 2.42. The first-order valence-electron chi connectivity index (χ1n) is 10.5. The van der Waals surface area contributed by atoms with Crippen molar-refractivity contribution >= 4 is 28.5 Å². The molecule has 3 heterocycles. The van der Waals surface area contributed by atoms with Gasteiger partial charge in [0.05, 0.1) is 30.2 Å². The number of carbonyl (C=O) groups is 1. The van der Waals surface area contributed by atoms with Crippen molar-refractivity contribution in [2.75, 3.05) is 39.4 Å². The molecule has 0 aliphatic carbocycles. The van der Waals surface area contributed by atoms with Crippen molar-refractivity contribution in [2.45, 2.75) is 13.0 Å². The third-order valence-electron chi connectivity index (χ3n) is 6.08. The van der Waals surface area contributed by atoms with Crippen molar-refractivity contribution in [3.8, 4) is 0 Å². The average molecular weight is 439 g/mol. The lowest BCUT2D eigenvalue weighted by Crippen LogP contribution is -2.42. The Morgan fingerprint density at radius 1 is 1.03 bits per heavy atom. The van der Waals surface area contributed by atoms with Gasteiger partial charge in [0.25, 0.3) is 5.91 Å². The average Bonchev–Trinajstić information content (AvgIpc) is 3.06. The summed E-state index contributed by atoms with van der Waals surface area (Å²) >= 11 is 6.13. The van der Waals surface area contributed by atoms with Crippen LogP contribution in [0.5, 0.6) is 0 Å². The molecule has 1 aromatic heterocycles. The quantitative estimate of drug-likeness (QED) is 0.622. The van der Waals surface area contributed by atoms with Crippen molar-refractivity contribution in [1.82, 2.24) is 9.80 Å². The van der Waals surface area contributed by atoms with Gasteiger partial charge >= 0.3 is 0 Å². The van der Waals surface area contributed by atoms with Gasteiger partial charge in [-0.15, -0.1) is 0 Å². The molecule has 0 radical (unpaired) electrons. The number of amides is 1. The molecule has 0 N–H and O–H groups in total. The van der Waals surface area contributed by atoms with E-state index in [0.29, 0.717) is 47.9 Å². The van der Waals surface area contributed by atoms with Crippen LogP contribution in [0.2, 0.25) is 5.02 Å². The highest BCUT2D eigenvalue weighted by atomic mass is 35.5. The molecule has 5 rings (SSSR count). The second-order valence-corrected chi connectivity index (χ2v) is 8.52. The fourth-order valence-corrected chi connectivity index (χ4v) is 4.56. The van der Waals surface area contributed by atoms with Gasteiger partial charge in [-0.3, -0.25) is 14.5 Å². The first-order chi connectivity index (χ1) is 15.0. The van der Waals surface area contributed by atoms with Crippen LogP contribution in [0.3, 0.4) is 0 Å². The Bertz CT molecular complexity index is 1200. The van der Waals surface area contributed by atoms with Gasteiger partial charge in [0.2, 0.25) is 5.76 Å². The normalized spacial score (nSPS) is 19.2. The van der Waals surface area contributed by atoms with Gasteiger partial charge in [0, 0.05) is 31.2 Å². The summed E-state index contributed by atoms with van der Waals surface area (Å²) in [5, 5.41) is 0.853. The third-order valence-corrected chi connectivity index (χ3v) is 6.32. The second-order valence-electron chi connectivity index (χ2n) is 8.08. The molecule has 1 fully saturated rings. The minimum absolute atomic E-state index is 0.132. The summed E-state index contributed by atoms with van der Waals surface area (Å²) in [4.78, 5) is 30.9. The zero-order valence-corrected chi connectivity index (χ0v) is 18.0. The van der Waals surface area contributed by atoms with E-state index in [1.165, 1.54) is 0 Å². The van der Waals surface area contributed by atoms with Gasteiger partial charge in [-0.2, -0.15) is 0 Å². The Morgan fingerprint density at radius 3 is 2.52 bits per heavy atom. The molecule has 1 saturated heterocycles. The van der Waals surface area contributed by atoms with Crippen LogP contribution in [0, 0.1) is 6.92 Å². The van der Waals surface area contributed by atoms with E-state index in [1.807, 2.05) is 31.2 Å². The molecule has 3 aromatic rings. The van der Waals surface area contributed by atoms with E-state index in [0.717, 1.165) is 24.2 Å². The molecule has 6 nitrogen and oxygen atoms in total. The van der Waals surface area contributed by atoms with Gasteiger partial charge in [0.1, 0.15) is 5.58 Å². The monoisotopic (exact) mass is 438 g/mol. The van der Waals surface area contributed by atoms with E-state index in [1.54, 1.807) is 23.1 Å². The fourth-order valence-electron chi connectivity index (χ4n) is 4.39. The van der Waals surface area contributed by atoms with Crippen LogP contribution in [0.25, 0.3) is 11.0 Å². The third kappa shape index (κ3) is 3.65. The van der Waals surface area contributed by atoms with Gasteiger partial charge in [-0.1, -0.05) is 41.4 Å². The number of fused-ring (bicyclic) bond motifs is 2. The fraction of sp³-hybridized carbons (Fsp3) is 0.333. The first kappa shape index (κ1) is 20.2. The number of hydrogen-bond acceptors (Lipinski definition) is 5. The maximum atomic E-state index is 13.5. The van der Waals surface area contributed by atoms with Gasteiger partial charge in [-0.25, -0.2) is 0 Å². The minimum Gasteiger partial charge on any atom is -0.450 e. The zero-order valence-electron chi connectivity index (χ0n) is 17.3. The van der Waals surface area contributed by atoms with Crippen molar-refractivity contribution in [3.05, 3.63) is 80.2 Å². The molecule has 0 bridgehead atoms. The number of hydrogen-bond donors (Lipinski definition) is 0. The maximum Gasteiger partial charge on any atom is 0.290 e. The molecule has 0 saturated carbocycles. The summed E-state index contributed by atoms with van der Waals surface area (Å²) in [6, 6.07) is 12.4. The number of rotatable bonds is 4. The zero-order chi connectivity index (χ0) is 21.5. The van der Waals surface area contributed by atoms with E-state index in [2.05, 4.69) is 4.90 Å². The van der Waals surface area contributed by atoms with E-state index < -0.39 is 6.04 Å². The molecule has 0 spiro atoms. The smallest absolute Gasteiger partial charge is 0.290 e. The molecule has 160 valence electrons. The van der Waals surface area contributed by atoms with E-state index in [-0.39, 0.29) is 17.1 Å². The molecule has 2 aliphatic heterocycles. The number of halogens is 1.